The van der Waals surface area contributed by atoms with Gasteiger partial charge in [-0.2, -0.15) is 4.98 Å². The number of sulfonamides is 1. The lowest BCUT2D eigenvalue weighted by Crippen LogP contribution is -2.33. The highest BCUT2D eigenvalue weighted by atomic mass is 32.2. The molecule has 3 aromatic rings. The van der Waals surface area contributed by atoms with E-state index < -0.39 is 16.0 Å². The summed E-state index contributed by atoms with van der Waals surface area (Å²) in [5.41, 5.74) is 1.10. The fraction of sp³-hybridized carbons (Fsp3) is 0.480. The molecule has 2 N–H and O–H groups in total. The maximum atomic E-state index is 12.8. The molecule has 0 bridgehead atoms. The summed E-state index contributed by atoms with van der Waals surface area (Å²) < 4.78 is 34.4. The topological polar surface area (TPSA) is 118 Å². The molecule has 1 aliphatic carbocycles. The molecule has 0 radical (unpaired) electrons. The van der Waals surface area contributed by atoms with Crippen LogP contribution in [0.3, 0.4) is 0 Å². The van der Waals surface area contributed by atoms with E-state index in [0.717, 1.165) is 48.9 Å². The minimum absolute atomic E-state index is 0.0493. The number of nitrogens with zero attached hydrogens (tertiary/aromatic N) is 4. The Morgan fingerprint density at radius 1 is 1.06 bits per heavy atom. The molecule has 2 heterocycles. The van der Waals surface area contributed by atoms with Crippen LogP contribution in [0.2, 0.25) is 0 Å². The van der Waals surface area contributed by atoms with Crippen LogP contribution in [-0.4, -0.2) is 63.2 Å². The predicted octanol–water partition coefficient (Wildman–Crippen LogP) is 3.02. The Bertz CT molecular complexity index is 1330. The van der Waals surface area contributed by atoms with Crippen molar-refractivity contribution in [1.82, 2.24) is 19.3 Å². The Morgan fingerprint density at radius 3 is 2.39 bits per heavy atom. The van der Waals surface area contributed by atoms with Gasteiger partial charge in [-0.15, -0.1) is 0 Å². The van der Waals surface area contributed by atoms with E-state index in [2.05, 4.69) is 15.0 Å². The van der Waals surface area contributed by atoms with Crippen LogP contribution in [0.15, 0.2) is 41.4 Å². The molecule has 4 rings (SSSR count). The molecule has 1 saturated carbocycles. The molecule has 0 unspecified atom stereocenters. The minimum Gasteiger partial charge on any atom is -0.464 e. The van der Waals surface area contributed by atoms with Crippen molar-refractivity contribution in [3.63, 3.8) is 0 Å². The van der Waals surface area contributed by atoms with Crippen molar-refractivity contribution >= 4 is 38.7 Å². The fourth-order valence-corrected chi connectivity index (χ4v) is 6.04. The normalized spacial score (nSPS) is 18.2. The Morgan fingerprint density at radius 2 is 1.72 bits per heavy atom. The minimum atomic E-state index is -3.73. The lowest BCUT2D eigenvalue weighted by Gasteiger charge is -2.28. The number of carbonyl (C=O) groups is 1. The van der Waals surface area contributed by atoms with Gasteiger partial charge in [0.05, 0.1) is 12.6 Å². The lowest BCUT2D eigenvalue weighted by molar-refractivity contribution is 0.0589. The molecule has 11 heteroatoms. The van der Waals surface area contributed by atoms with Crippen molar-refractivity contribution in [2.45, 2.75) is 30.7 Å². The van der Waals surface area contributed by atoms with Crippen molar-refractivity contribution in [3.05, 3.63) is 42.1 Å². The van der Waals surface area contributed by atoms with E-state index in [1.54, 1.807) is 7.05 Å². The number of rotatable bonds is 9. The third kappa shape index (κ3) is 5.62. The number of para-hydroxylation sites is 1. The molecular weight excluding hydrogens is 480 g/mol. The number of esters is 1. The quantitative estimate of drug-likeness (QED) is 0.419. The second-order valence-electron chi connectivity index (χ2n) is 9.51. The maximum Gasteiger partial charge on any atom is 0.354 e. The number of methoxy groups -OCH3 is 1. The van der Waals surface area contributed by atoms with E-state index >= 15 is 0 Å². The molecule has 0 spiro atoms. The number of aromatic nitrogens is 3. The average Bonchev–Trinajstić information content (AvgIpc) is 3.28. The summed E-state index contributed by atoms with van der Waals surface area (Å²) in [7, 11) is 3.03. The van der Waals surface area contributed by atoms with Gasteiger partial charge >= 0.3 is 5.97 Å². The van der Waals surface area contributed by atoms with Crippen LogP contribution in [0.5, 0.6) is 0 Å². The predicted molar refractivity (Wildman–Crippen MR) is 140 cm³/mol. The SMILES string of the molecule is COC(=O)c1ccc(S(=O)(=O)NC[C@H]2CC[C@H](CNc3nc(N(C)C)c4ccccc4n3)CC2)n1C. The van der Waals surface area contributed by atoms with Gasteiger partial charge in [-0.1, -0.05) is 12.1 Å². The summed E-state index contributed by atoms with van der Waals surface area (Å²) in [6.07, 6.45) is 3.89. The summed E-state index contributed by atoms with van der Waals surface area (Å²) >= 11 is 0. The second-order valence-corrected chi connectivity index (χ2v) is 11.2. The number of fused-ring (bicyclic) bond motifs is 1. The molecule has 0 aliphatic heterocycles. The van der Waals surface area contributed by atoms with Gasteiger partial charge in [0.1, 0.15) is 11.5 Å². The van der Waals surface area contributed by atoms with Gasteiger partial charge in [-0.25, -0.2) is 22.9 Å². The summed E-state index contributed by atoms with van der Waals surface area (Å²) in [6, 6.07) is 10.9. The Labute approximate surface area is 212 Å². The average molecular weight is 515 g/mol. The molecule has 1 fully saturated rings. The van der Waals surface area contributed by atoms with Gasteiger partial charge in [0.2, 0.25) is 5.95 Å². The van der Waals surface area contributed by atoms with Gasteiger partial charge in [0, 0.05) is 39.6 Å². The first-order valence-corrected chi connectivity index (χ1v) is 13.6. The van der Waals surface area contributed by atoms with Gasteiger partial charge < -0.3 is 19.5 Å². The number of hydrogen-bond donors (Lipinski definition) is 2. The van der Waals surface area contributed by atoms with Gasteiger partial charge in [0.15, 0.2) is 5.03 Å². The van der Waals surface area contributed by atoms with Crippen molar-refractivity contribution in [3.8, 4) is 0 Å². The highest BCUT2D eigenvalue weighted by molar-refractivity contribution is 7.89. The van der Waals surface area contributed by atoms with Crippen LogP contribution in [0, 0.1) is 11.8 Å². The van der Waals surface area contributed by atoms with Crippen molar-refractivity contribution in [2.75, 3.05) is 44.5 Å². The number of ether oxygens (including phenoxy) is 1. The molecule has 2 aromatic heterocycles. The summed E-state index contributed by atoms with van der Waals surface area (Å²) in [4.78, 5) is 23.2. The molecule has 0 saturated heterocycles. The Kier molecular flexibility index (Phi) is 7.79. The van der Waals surface area contributed by atoms with Crippen molar-refractivity contribution in [2.24, 2.45) is 18.9 Å². The van der Waals surface area contributed by atoms with E-state index in [0.29, 0.717) is 18.4 Å². The van der Waals surface area contributed by atoms with Crippen LogP contribution < -0.4 is 14.9 Å². The van der Waals surface area contributed by atoms with Crippen molar-refractivity contribution in [1.29, 1.82) is 0 Å². The molecule has 1 aliphatic rings. The Balaban J connectivity index is 1.29. The van der Waals surface area contributed by atoms with E-state index in [1.807, 2.05) is 43.3 Å². The van der Waals surface area contributed by atoms with Crippen LogP contribution in [-0.2, 0) is 21.8 Å². The zero-order chi connectivity index (χ0) is 25.9. The third-order valence-electron chi connectivity index (χ3n) is 6.83. The molecule has 10 nitrogen and oxygen atoms in total. The van der Waals surface area contributed by atoms with Crippen molar-refractivity contribution < 1.29 is 17.9 Å². The largest absolute Gasteiger partial charge is 0.464 e. The lowest BCUT2D eigenvalue weighted by atomic mass is 9.82. The molecule has 0 amide bonds. The maximum absolute atomic E-state index is 12.8. The summed E-state index contributed by atoms with van der Waals surface area (Å²) in [5.74, 6) is 1.69. The highest BCUT2D eigenvalue weighted by Gasteiger charge is 2.26. The first-order valence-electron chi connectivity index (χ1n) is 12.1. The summed E-state index contributed by atoms with van der Waals surface area (Å²) in [6.45, 7) is 1.16. The number of benzene rings is 1. The van der Waals surface area contributed by atoms with Crippen LogP contribution in [0.25, 0.3) is 10.9 Å². The first kappa shape index (κ1) is 25.9. The molecule has 1 aromatic carbocycles. The zero-order valence-electron chi connectivity index (χ0n) is 21.2. The van der Waals surface area contributed by atoms with E-state index in [9.17, 15) is 13.2 Å². The molecule has 0 atom stereocenters. The van der Waals surface area contributed by atoms with E-state index in [-0.39, 0.29) is 16.6 Å². The standard InChI is InChI=1S/C25H34N6O4S/c1-30(2)23-19-7-5-6-8-20(19)28-25(29-23)26-15-17-9-11-18(12-10-17)16-27-36(33,34)22-14-13-21(31(22)3)24(32)35-4/h5-8,13-14,17-18,27H,9-12,15-16H2,1-4H3,(H,26,28,29)/t17-,18-. The number of hydrogen-bond acceptors (Lipinski definition) is 8. The summed E-state index contributed by atoms with van der Waals surface area (Å²) in [5, 5.41) is 4.49. The van der Waals surface area contributed by atoms with Crippen LogP contribution in [0.4, 0.5) is 11.8 Å². The number of carbonyl (C=O) groups excluding carboxylic acids is 1. The number of anilines is 2. The smallest absolute Gasteiger partial charge is 0.354 e. The van der Waals surface area contributed by atoms with E-state index in [4.69, 9.17) is 9.72 Å². The number of nitrogens with one attached hydrogen (secondary N) is 2. The monoisotopic (exact) mass is 514 g/mol. The van der Waals surface area contributed by atoms with E-state index in [1.165, 1.54) is 23.8 Å². The molecule has 194 valence electrons. The molecular formula is C25H34N6O4S. The van der Waals surface area contributed by atoms with Gasteiger partial charge in [-0.3, -0.25) is 0 Å². The highest BCUT2D eigenvalue weighted by Crippen LogP contribution is 2.29. The molecule has 36 heavy (non-hydrogen) atoms. The first-order chi connectivity index (χ1) is 17.2. The third-order valence-corrected chi connectivity index (χ3v) is 8.34. The van der Waals surface area contributed by atoms with Crippen LogP contribution >= 0.6 is 0 Å². The van der Waals surface area contributed by atoms with Crippen LogP contribution in [0.1, 0.15) is 36.2 Å². The van der Waals surface area contributed by atoms with Gasteiger partial charge in [-0.05, 0) is 61.8 Å². The Hall–Kier alpha value is -3.18. The van der Waals surface area contributed by atoms with Gasteiger partial charge in [0.25, 0.3) is 10.0 Å². The second kappa shape index (κ2) is 10.8. The fourth-order valence-electron chi connectivity index (χ4n) is 4.73. The zero-order valence-corrected chi connectivity index (χ0v) is 22.0.